The summed E-state index contributed by atoms with van der Waals surface area (Å²) < 4.78 is 27.0. The lowest BCUT2D eigenvalue weighted by atomic mass is 9.88. The van der Waals surface area contributed by atoms with Crippen LogP contribution in [-0.4, -0.2) is 40.1 Å². The standard InChI is InChI=1S/C81H136O4P4S8/c1-5-9-13-17-21-25-29-33-37-41-57-69-90-78(82-86,94-73-61-49-45-50-62-73)77(79(83-87,95-74-63-51-46-52-64-74)91-70-58-42-38-34-30-26-22-18-14-10-6-2,80(84-88,96-75-65-53-47-54-66-75)92-71-59-43-39-35-31-27-23-19-15-11-7-3)81(85-89,97-76-67-55-48-56-68-76)93-72-60-44-40-36-32-28-24-20-16-12-8-4/h45-56,61-68H,5-44,57-60,69-72,86-89H2,1-4H3. The van der Waals surface area contributed by atoms with Gasteiger partial charge in [0.05, 0.1) is 0 Å². The third-order valence-corrected chi connectivity index (χ3v) is 33.6. The maximum Gasteiger partial charge on any atom is 0.187 e. The Morgan fingerprint density at radius 2 is 0.361 bits per heavy atom. The van der Waals surface area contributed by atoms with Crippen LogP contribution in [0.5, 0.6) is 0 Å². The maximum absolute atomic E-state index is 7.98. The molecular weight excluding hydrogens is 1420 g/mol. The molecule has 0 N–H and O–H groups in total. The molecule has 0 heterocycles. The number of hydrogen-bond donors (Lipinski definition) is 0. The first-order chi connectivity index (χ1) is 47.8. The first-order valence-electron chi connectivity index (χ1n) is 38.8. The molecule has 0 radical (unpaired) electrons. The second kappa shape index (κ2) is 59.3. The first-order valence-corrected chi connectivity index (χ1v) is 47.9. The highest BCUT2D eigenvalue weighted by molar-refractivity contribution is 8.23. The van der Waals surface area contributed by atoms with Crippen LogP contribution in [0.4, 0.5) is 0 Å². The average Bonchev–Trinajstić information content (AvgIpc) is 0.663. The molecule has 0 aliphatic heterocycles. The van der Waals surface area contributed by atoms with E-state index < -0.39 is 22.5 Å². The highest BCUT2D eigenvalue weighted by Crippen LogP contribution is 2.83. The van der Waals surface area contributed by atoms with Crippen LogP contribution in [-0.2, 0) is 18.1 Å². The molecular formula is C81H136O4P4S8. The van der Waals surface area contributed by atoms with Crippen LogP contribution < -0.4 is 0 Å². The third-order valence-electron chi connectivity index (χ3n) is 18.6. The lowest BCUT2D eigenvalue weighted by Gasteiger charge is -2.67. The molecule has 0 spiro atoms. The molecule has 8 atom stereocenters. The van der Waals surface area contributed by atoms with Gasteiger partial charge in [-0.05, 0) is 97.2 Å². The lowest BCUT2D eigenvalue weighted by Crippen LogP contribution is -2.75. The summed E-state index contributed by atoms with van der Waals surface area (Å²) in [4.78, 5) is 4.48. The van der Waals surface area contributed by atoms with Crippen molar-refractivity contribution in [1.29, 1.82) is 0 Å². The van der Waals surface area contributed by atoms with Crippen molar-refractivity contribution >= 4 is 132 Å². The van der Waals surface area contributed by atoms with Crippen molar-refractivity contribution < 1.29 is 18.1 Å². The Morgan fingerprint density at radius 1 is 0.216 bits per heavy atom. The van der Waals surface area contributed by atoms with Crippen molar-refractivity contribution in [3.05, 3.63) is 121 Å². The van der Waals surface area contributed by atoms with E-state index in [-0.39, 0.29) is 0 Å². The SMILES string of the molecule is CCCCCCCCCCCCCSC(OP)(Sc1ccccc1)C(C(OP)(SCCCCCCCCCCCCC)Sc1ccccc1)(C(OP)(SCCCCCCCCCCCCC)Sc1ccccc1)C(OP)(SCCCCCCCCCCCCC)Sc1ccccc1. The Labute approximate surface area is 641 Å². The quantitative estimate of drug-likeness (QED) is 0.0183. The van der Waals surface area contributed by atoms with Crippen molar-refractivity contribution in [3.8, 4) is 0 Å². The summed E-state index contributed by atoms with van der Waals surface area (Å²) in [6.07, 6.45) is 56.5. The summed E-state index contributed by atoms with van der Waals surface area (Å²) in [5.74, 6) is 3.44. The van der Waals surface area contributed by atoms with Crippen LogP contribution in [0.3, 0.4) is 0 Å². The van der Waals surface area contributed by atoms with Crippen LogP contribution >= 0.6 is 132 Å². The lowest BCUT2D eigenvalue weighted by molar-refractivity contribution is -0.0918. The maximum atomic E-state index is 7.98. The van der Waals surface area contributed by atoms with Gasteiger partial charge in [0.2, 0.25) is 0 Å². The van der Waals surface area contributed by atoms with Gasteiger partial charge in [-0.3, -0.25) is 0 Å². The molecule has 0 saturated carbocycles. The van der Waals surface area contributed by atoms with Gasteiger partial charge >= 0.3 is 0 Å². The van der Waals surface area contributed by atoms with Gasteiger partial charge in [0.25, 0.3) is 0 Å². The van der Waals surface area contributed by atoms with Crippen LogP contribution in [0.15, 0.2) is 141 Å². The van der Waals surface area contributed by atoms with E-state index in [2.05, 4.69) is 187 Å². The summed E-state index contributed by atoms with van der Waals surface area (Å²) in [6.45, 7) is 9.26. The predicted molar refractivity (Wildman–Crippen MR) is 461 cm³/mol. The molecule has 16 heteroatoms. The van der Waals surface area contributed by atoms with E-state index >= 15 is 0 Å². The Kier molecular flexibility index (Phi) is 55.4. The van der Waals surface area contributed by atoms with E-state index in [0.29, 0.717) is 0 Å². The molecule has 0 amide bonds. The molecule has 4 aromatic carbocycles. The van der Waals surface area contributed by atoms with Gasteiger partial charge in [-0.1, -0.05) is 404 Å². The molecule has 0 bridgehead atoms. The summed E-state index contributed by atoms with van der Waals surface area (Å²) in [5.41, 5.74) is -1.34. The van der Waals surface area contributed by atoms with E-state index in [4.69, 9.17) is 18.1 Å². The Morgan fingerprint density at radius 3 is 0.505 bits per heavy atom. The number of unbranched alkanes of at least 4 members (excludes halogenated alkanes) is 40. The monoisotopic (exact) mass is 1550 g/mol. The minimum atomic E-state index is -1.34. The van der Waals surface area contributed by atoms with Gasteiger partial charge in [0, 0.05) is 57.4 Å². The average molecular weight is 1550 g/mol. The molecule has 4 rings (SSSR count). The smallest absolute Gasteiger partial charge is 0.187 e. The number of hydrogen-bond acceptors (Lipinski definition) is 12. The van der Waals surface area contributed by atoms with Crippen LogP contribution in [0.2, 0.25) is 0 Å². The largest absolute Gasteiger partial charge is 0.337 e. The van der Waals surface area contributed by atoms with Gasteiger partial charge < -0.3 is 18.1 Å². The van der Waals surface area contributed by atoms with Gasteiger partial charge in [0.15, 0.2) is 22.5 Å². The van der Waals surface area contributed by atoms with Crippen LogP contribution in [0.25, 0.3) is 0 Å². The predicted octanol–water partition coefficient (Wildman–Crippen LogP) is 31.2. The fraction of sp³-hybridized carbons (Fsp3) is 0.704. The number of benzene rings is 4. The highest BCUT2D eigenvalue weighted by Gasteiger charge is 2.85. The fourth-order valence-electron chi connectivity index (χ4n) is 13.0. The van der Waals surface area contributed by atoms with Crippen molar-refractivity contribution in [3.63, 3.8) is 0 Å². The molecule has 0 fully saturated rings. The fourth-order valence-corrected chi connectivity index (χ4v) is 30.1. The highest BCUT2D eigenvalue weighted by atomic mass is 32.2. The second-order valence-corrected chi connectivity index (χ2v) is 38.7. The topological polar surface area (TPSA) is 36.9 Å². The summed E-state index contributed by atoms with van der Waals surface area (Å²) in [7, 11) is 11.9. The molecule has 97 heavy (non-hydrogen) atoms. The van der Waals surface area contributed by atoms with Gasteiger partial charge in [-0.25, -0.2) is 0 Å². The third kappa shape index (κ3) is 33.9. The molecule has 4 aromatic rings. The van der Waals surface area contributed by atoms with E-state index in [1.165, 1.54) is 231 Å². The molecule has 4 nitrogen and oxygen atoms in total. The van der Waals surface area contributed by atoms with Crippen LogP contribution in [0, 0.1) is 5.41 Å². The van der Waals surface area contributed by atoms with Gasteiger partial charge in [-0.15, -0.1) is 47.0 Å². The molecule has 8 unspecified atom stereocenters. The molecule has 552 valence electrons. The van der Waals surface area contributed by atoms with E-state index in [1.807, 2.05) is 94.1 Å². The van der Waals surface area contributed by atoms with Crippen molar-refractivity contribution in [2.75, 3.05) is 23.0 Å². The van der Waals surface area contributed by atoms with Gasteiger partial charge in [-0.2, -0.15) is 0 Å². The van der Waals surface area contributed by atoms with E-state index in [1.54, 1.807) is 0 Å². The summed E-state index contributed by atoms with van der Waals surface area (Å²) in [5, 5.41) is 0. The zero-order chi connectivity index (χ0) is 69.4. The van der Waals surface area contributed by atoms with E-state index in [0.717, 1.165) is 94.0 Å². The Balaban J connectivity index is 2.11. The van der Waals surface area contributed by atoms with Crippen LogP contribution in [0.1, 0.15) is 310 Å². The number of rotatable bonds is 68. The molecule has 0 saturated heterocycles. The Bertz CT molecular complexity index is 2070. The first kappa shape index (κ1) is 90.6. The normalized spacial score (nSPS) is 15.0. The molecule has 0 aliphatic carbocycles. The van der Waals surface area contributed by atoms with Crippen molar-refractivity contribution in [1.82, 2.24) is 0 Å². The minimum Gasteiger partial charge on any atom is -0.337 e. The molecule has 0 aliphatic rings. The number of thioether (sulfide) groups is 8. The second-order valence-electron chi connectivity index (χ2n) is 26.6. The zero-order valence-corrected chi connectivity index (χ0v) is 72.3. The van der Waals surface area contributed by atoms with E-state index in [9.17, 15) is 0 Å². The summed E-state index contributed by atoms with van der Waals surface area (Å²) >= 11 is 15.2. The van der Waals surface area contributed by atoms with Crippen molar-refractivity contribution in [2.45, 2.75) is 347 Å². The Hall–Kier alpha value is 1.24. The minimum absolute atomic E-state index is 0.859. The van der Waals surface area contributed by atoms with Gasteiger partial charge in [0.1, 0.15) is 0 Å². The molecule has 0 aromatic heterocycles. The summed E-state index contributed by atoms with van der Waals surface area (Å²) in [6, 6.07) is 44.5. The zero-order valence-electron chi connectivity index (χ0n) is 61.2. The van der Waals surface area contributed by atoms with Crippen molar-refractivity contribution in [2.24, 2.45) is 5.41 Å².